The van der Waals surface area contributed by atoms with Crippen molar-refractivity contribution in [2.45, 2.75) is 0 Å². The molecule has 3 heteroatoms. The molecular weight excluding hydrogens is 222 g/mol. The van der Waals surface area contributed by atoms with Crippen LogP contribution >= 0.6 is 0 Å². The van der Waals surface area contributed by atoms with Crippen molar-refractivity contribution in [2.75, 3.05) is 24.4 Å². The van der Waals surface area contributed by atoms with Gasteiger partial charge in [-0.15, -0.1) is 0 Å². The van der Waals surface area contributed by atoms with Crippen molar-refractivity contribution in [3.05, 3.63) is 60.2 Å². The number of benzene rings is 2. The van der Waals surface area contributed by atoms with Gasteiger partial charge in [-0.25, -0.2) is 0 Å². The number of hydrazone groups is 1. The summed E-state index contributed by atoms with van der Waals surface area (Å²) in [5.41, 5.74) is 3.25. The van der Waals surface area contributed by atoms with Crippen LogP contribution in [0.2, 0.25) is 0 Å². The second-order valence-corrected chi connectivity index (χ2v) is 3.98. The fraction of sp³-hybridized carbons (Fsp3) is 0.133. The Labute approximate surface area is 108 Å². The van der Waals surface area contributed by atoms with E-state index < -0.39 is 0 Å². The third-order valence-electron chi connectivity index (χ3n) is 2.71. The lowest BCUT2D eigenvalue weighted by Gasteiger charge is -2.12. The molecule has 2 aromatic rings. The molecule has 0 spiro atoms. The van der Waals surface area contributed by atoms with E-state index in [-0.39, 0.29) is 0 Å². The zero-order valence-corrected chi connectivity index (χ0v) is 10.7. The Morgan fingerprint density at radius 3 is 2.28 bits per heavy atom. The first-order valence-electron chi connectivity index (χ1n) is 5.90. The van der Waals surface area contributed by atoms with Crippen LogP contribution in [-0.2, 0) is 0 Å². The highest BCUT2D eigenvalue weighted by Gasteiger charge is 1.95. The quantitative estimate of drug-likeness (QED) is 0.655. The summed E-state index contributed by atoms with van der Waals surface area (Å²) in [7, 11) is 3.85. The monoisotopic (exact) mass is 239 g/mol. The molecule has 3 nitrogen and oxygen atoms in total. The minimum Gasteiger partial charge on any atom is -0.388 e. The van der Waals surface area contributed by atoms with Gasteiger partial charge in [0, 0.05) is 19.8 Å². The molecule has 18 heavy (non-hydrogen) atoms. The third kappa shape index (κ3) is 3.10. The summed E-state index contributed by atoms with van der Waals surface area (Å²) in [5, 5.41) is 9.35. The smallest absolute Gasteiger partial charge is 0.0590 e. The van der Waals surface area contributed by atoms with Crippen molar-refractivity contribution < 1.29 is 0 Å². The molecule has 2 rings (SSSR count). The van der Waals surface area contributed by atoms with Crippen LogP contribution in [0.15, 0.2) is 59.7 Å². The fourth-order valence-corrected chi connectivity index (χ4v) is 1.60. The van der Waals surface area contributed by atoms with Crippen molar-refractivity contribution in [1.82, 2.24) is 0 Å². The lowest BCUT2D eigenvalue weighted by molar-refractivity contribution is 1.02. The van der Waals surface area contributed by atoms with Crippen LogP contribution in [0, 0.1) is 0 Å². The second kappa shape index (κ2) is 5.87. The standard InChI is InChI=1S/C15H17N3/c1-16-14-10-8-13(9-11-14)12-17-18(2)15-6-4-3-5-7-15/h3-12,16H,1-2H3/b17-12+. The van der Waals surface area contributed by atoms with E-state index in [1.807, 2.05) is 79.9 Å². The second-order valence-electron chi connectivity index (χ2n) is 3.98. The minimum atomic E-state index is 1.07. The lowest BCUT2D eigenvalue weighted by atomic mass is 10.2. The van der Waals surface area contributed by atoms with Crippen molar-refractivity contribution in [3.63, 3.8) is 0 Å². The van der Waals surface area contributed by atoms with E-state index >= 15 is 0 Å². The number of rotatable bonds is 4. The van der Waals surface area contributed by atoms with Crippen molar-refractivity contribution >= 4 is 17.6 Å². The van der Waals surface area contributed by atoms with E-state index in [0.717, 1.165) is 16.9 Å². The molecule has 0 saturated carbocycles. The molecule has 0 bridgehead atoms. The summed E-state index contributed by atoms with van der Waals surface area (Å²) in [4.78, 5) is 0. The average Bonchev–Trinajstić information content (AvgIpc) is 2.46. The molecule has 0 amide bonds. The maximum atomic E-state index is 4.41. The third-order valence-corrected chi connectivity index (χ3v) is 2.71. The minimum absolute atomic E-state index is 1.07. The molecule has 0 heterocycles. The van der Waals surface area contributed by atoms with Crippen molar-refractivity contribution in [3.8, 4) is 0 Å². The molecule has 2 aromatic carbocycles. The molecule has 0 fully saturated rings. The van der Waals surface area contributed by atoms with Gasteiger partial charge in [0.05, 0.1) is 11.9 Å². The van der Waals surface area contributed by atoms with Crippen LogP contribution in [-0.4, -0.2) is 20.3 Å². The van der Waals surface area contributed by atoms with E-state index in [2.05, 4.69) is 10.4 Å². The Bertz CT molecular complexity index is 503. The van der Waals surface area contributed by atoms with E-state index in [0.29, 0.717) is 0 Å². The molecule has 92 valence electrons. The SMILES string of the molecule is CNc1ccc(/C=N/N(C)c2ccccc2)cc1. The largest absolute Gasteiger partial charge is 0.388 e. The van der Waals surface area contributed by atoms with Crippen molar-refractivity contribution in [1.29, 1.82) is 0 Å². The van der Waals surface area contributed by atoms with Gasteiger partial charge >= 0.3 is 0 Å². The topological polar surface area (TPSA) is 27.6 Å². The van der Waals surface area contributed by atoms with Gasteiger partial charge in [-0.1, -0.05) is 30.3 Å². The Morgan fingerprint density at radius 2 is 1.67 bits per heavy atom. The molecule has 0 aromatic heterocycles. The summed E-state index contributed by atoms with van der Waals surface area (Å²) in [5.74, 6) is 0. The van der Waals surface area contributed by atoms with Gasteiger partial charge in [0.1, 0.15) is 0 Å². The number of nitrogens with zero attached hydrogens (tertiary/aromatic N) is 2. The molecule has 0 aliphatic rings. The van der Waals surface area contributed by atoms with Crippen LogP contribution in [0.5, 0.6) is 0 Å². The maximum absolute atomic E-state index is 4.41. The number of hydrogen-bond acceptors (Lipinski definition) is 3. The summed E-state index contributed by atoms with van der Waals surface area (Å²) in [6.45, 7) is 0. The van der Waals surface area contributed by atoms with Gasteiger partial charge < -0.3 is 5.32 Å². The van der Waals surface area contributed by atoms with Crippen LogP contribution in [0.1, 0.15) is 5.56 Å². The zero-order chi connectivity index (χ0) is 12.8. The Balaban J connectivity index is 2.06. The molecule has 0 atom stereocenters. The predicted molar refractivity (Wildman–Crippen MR) is 78.4 cm³/mol. The van der Waals surface area contributed by atoms with Gasteiger partial charge in [0.2, 0.25) is 0 Å². The summed E-state index contributed by atoms with van der Waals surface area (Å²) >= 11 is 0. The highest BCUT2D eigenvalue weighted by molar-refractivity contribution is 5.81. The fourth-order valence-electron chi connectivity index (χ4n) is 1.60. The normalized spacial score (nSPS) is 10.6. The highest BCUT2D eigenvalue weighted by Crippen LogP contribution is 2.11. The molecule has 0 aliphatic carbocycles. The average molecular weight is 239 g/mol. The number of anilines is 2. The zero-order valence-electron chi connectivity index (χ0n) is 10.7. The van der Waals surface area contributed by atoms with E-state index in [4.69, 9.17) is 0 Å². The number of hydrogen-bond donors (Lipinski definition) is 1. The van der Waals surface area contributed by atoms with Gasteiger partial charge in [-0.2, -0.15) is 5.10 Å². The van der Waals surface area contributed by atoms with Gasteiger partial charge in [-0.3, -0.25) is 5.01 Å². The molecule has 0 radical (unpaired) electrons. The van der Waals surface area contributed by atoms with Crippen LogP contribution < -0.4 is 10.3 Å². The van der Waals surface area contributed by atoms with Gasteiger partial charge in [0.25, 0.3) is 0 Å². The van der Waals surface area contributed by atoms with Gasteiger partial charge in [-0.05, 0) is 29.8 Å². The van der Waals surface area contributed by atoms with Crippen molar-refractivity contribution in [2.24, 2.45) is 5.10 Å². The molecular formula is C15H17N3. The molecule has 0 aliphatic heterocycles. The lowest BCUT2D eigenvalue weighted by Crippen LogP contribution is -2.08. The summed E-state index contributed by atoms with van der Waals surface area (Å²) in [6, 6.07) is 18.2. The Morgan fingerprint density at radius 1 is 1.00 bits per heavy atom. The van der Waals surface area contributed by atoms with E-state index in [9.17, 15) is 0 Å². The van der Waals surface area contributed by atoms with E-state index in [1.54, 1.807) is 0 Å². The predicted octanol–water partition coefficient (Wildman–Crippen LogP) is 3.20. The molecule has 0 unspecified atom stereocenters. The number of nitrogens with one attached hydrogen (secondary N) is 1. The summed E-state index contributed by atoms with van der Waals surface area (Å²) < 4.78 is 0. The van der Waals surface area contributed by atoms with E-state index in [1.165, 1.54) is 0 Å². The van der Waals surface area contributed by atoms with Crippen LogP contribution in [0.3, 0.4) is 0 Å². The summed E-state index contributed by atoms with van der Waals surface area (Å²) in [6.07, 6.45) is 1.85. The van der Waals surface area contributed by atoms with Crippen LogP contribution in [0.4, 0.5) is 11.4 Å². The first kappa shape index (κ1) is 12.2. The Kier molecular flexibility index (Phi) is 3.97. The Hall–Kier alpha value is -2.29. The first-order chi connectivity index (χ1) is 8.79. The van der Waals surface area contributed by atoms with Gasteiger partial charge in [0.15, 0.2) is 0 Å². The first-order valence-corrected chi connectivity index (χ1v) is 5.90. The molecule has 0 saturated heterocycles. The van der Waals surface area contributed by atoms with Crippen LogP contribution in [0.25, 0.3) is 0 Å². The number of para-hydroxylation sites is 1. The highest BCUT2D eigenvalue weighted by atomic mass is 15.4. The maximum Gasteiger partial charge on any atom is 0.0590 e. The molecule has 1 N–H and O–H groups in total.